The van der Waals surface area contributed by atoms with Gasteiger partial charge in [0.1, 0.15) is 0 Å². The van der Waals surface area contributed by atoms with E-state index in [9.17, 15) is 0 Å². The molecule has 0 atom stereocenters. The van der Waals surface area contributed by atoms with Crippen molar-refractivity contribution in [1.29, 1.82) is 0 Å². The summed E-state index contributed by atoms with van der Waals surface area (Å²) >= 11 is 0. The van der Waals surface area contributed by atoms with E-state index in [0.29, 0.717) is 0 Å². The highest BCUT2D eigenvalue weighted by Gasteiger charge is 2.25. The van der Waals surface area contributed by atoms with Crippen LogP contribution in [0.5, 0.6) is 0 Å². The molecular formula is C11H18O2. The van der Waals surface area contributed by atoms with E-state index in [4.69, 9.17) is 9.47 Å². The van der Waals surface area contributed by atoms with Crippen molar-refractivity contribution < 1.29 is 9.47 Å². The van der Waals surface area contributed by atoms with Gasteiger partial charge in [-0.3, -0.25) is 0 Å². The molecule has 0 aliphatic carbocycles. The number of rotatable bonds is 5. The second-order valence-electron chi connectivity index (χ2n) is 2.71. The van der Waals surface area contributed by atoms with Crippen LogP contribution in [-0.2, 0) is 9.47 Å². The summed E-state index contributed by atoms with van der Waals surface area (Å²) in [6.07, 6.45) is 7.46. The first kappa shape index (κ1) is 12.1. The summed E-state index contributed by atoms with van der Waals surface area (Å²) in [6, 6.07) is 0. The molecule has 0 heterocycles. The molecule has 2 nitrogen and oxygen atoms in total. The molecule has 0 unspecified atom stereocenters. The average molecular weight is 182 g/mol. The van der Waals surface area contributed by atoms with Crippen LogP contribution in [0.25, 0.3) is 0 Å². The lowest BCUT2D eigenvalue weighted by Crippen LogP contribution is -2.31. The maximum atomic E-state index is 5.26. The van der Waals surface area contributed by atoms with Crippen molar-refractivity contribution in [2.45, 2.75) is 19.6 Å². The van der Waals surface area contributed by atoms with E-state index in [1.807, 2.05) is 32.1 Å². The molecule has 0 saturated heterocycles. The molecule has 0 aromatic heterocycles. The van der Waals surface area contributed by atoms with Gasteiger partial charge in [0.25, 0.3) is 0 Å². The zero-order chi connectivity index (χ0) is 10.3. The van der Waals surface area contributed by atoms with Crippen LogP contribution in [0.1, 0.15) is 13.8 Å². The van der Waals surface area contributed by atoms with E-state index >= 15 is 0 Å². The van der Waals surface area contributed by atoms with Gasteiger partial charge in [-0.2, -0.15) is 0 Å². The smallest absolute Gasteiger partial charge is 0.191 e. The lowest BCUT2D eigenvalue weighted by molar-refractivity contribution is -0.162. The monoisotopic (exact) mass is 182 g/mol. The third-order valence-corrected chi connectivity index (χ3v) is 1.95. The standard InChI is InChI=1S/C11H18O2/c1-6-8-10(9-7-2)11(3,12-4)13-5/h6-9H,1H2,2-5H3. The van der Waals surface area contributed by atoms with Crippen LogP contribution in [-0.4, -0.2) is 20.0 Å². The van der Waals surface area contributed by atoms with Gasteiger partial charge in [-0.25, -0.2) is 0 Å². The molecule has 0 spiro atoms. The SMILES string of the molecule is C=CC=C(C=CC)C(C)(OC)OC. The molecule has 74 valence electrons. The lowest BCUT2D eigenvalue weighted by atomic mass is 10.1. The molecule has 0 aliphatic heterocycles. The Kier molecular flexibility index (Phi) is 5.35. The van der Waals surface area contributed by atoms with Crippen LogP contribution < -0.4 is 0 Å². The molecule has 0 aromatic carbocycles. The van der Waals surface area contributed by atoms with E-state index in [2.05, 4.69) is 6.58 Å². The second-order valence-corrected chi connectivity index (χ2v) is 2.71. The first-order valence-corrected chi connectivity index (χ1v) is 4.20. The molecule has 0 aromatic rings. The minimum absolute atomic E-state index is 0.694. The summed E-state index contributed by atoms with van der Waals surface area (Å²) in [4.78, 5) is 0. The molecule has 2 heteroatoms. The van der Waals surface area contributed by atoms with Crippen LogP contribution in [0.15, 0.2) is 36.5 Å². The highest BCUT2D eigenvalue weighted by atomic mass is 16.7. The summed E-state index contributed by atoms with van der Waals surface area (Å²) in [7, 11) is 3.23. The number of methoxy groups -OCH3 is 2. The number of allylic oxidation sites excluding steroid dienone is 3. The van der Waals surface area contributed by atoms with E-state index in [1.54, 1.807) is 20.3 Å². The largest absolute Gasteiger partial charge is 0.349 e. The van der Waals surface area contributed by atoms with Gasteiger partial charge in [0.2, 0.25) is 0 Å². The summed E-state index contributed by atoms with van der Waals surface area (Å²) in [6.45, 7) is 7.45. The first-order chi connectivity index (χ1) is 6.14. The molecule has 0 N–H and O–H groups in total. The van der Waals surface area contributed by atoms with Crippen LogP contribution >= 0.6 is 0 Å². The van der Waals surface area contributed by atoms with Gasteiger partial charge in [0, 0.05) is 19.8 Å². The molecule has 0 aliphatic rings. The Morgan fingerprint density at radius 2 is 1.85 bits per heavy atom. The van der Waals surface area contributed by atoms with Crippen molar-refractivity contribution in [3.63, 3.8) is 0 Å². The van der Waals surface area contributed by atoms with Crippen molar-refractivity contribution >= 4 is 0 Å². The van der Waals surface area contributed by atoms with E-state index in [-0.39, 0.29) is 0 Å². The summed E-state index contributed by atoms with van der Waals surface area (Å²) in [5.74, 6) is -0.694. The predicted molar refractivity (Wildman–Crippen MR) is 55.5 cm³/mol. The minimum atomic E-state index is -0.694. The Morgan fingerprint density at radius 1 is 1.31 bits per heavy atom. The lowest BCUT2D eigenvalue weighted by Gasteiger charge is -2.27. The first-order valence-electron chi connectivity index (χ1n) is 4.20. The summed E-state index contributed by atoms with van der Waals surface area (Å²) in [5, 5.41) is 0. The summed E-state index contributed by atoms with van der Waals surface area (Å²) in [5.41, 5.74) is 0.940. The molecule has 0 saturated carbocycles. The van der Waals surface area contributed by atoms with Crippen molar-refractivity contribution in [3.8, 4) is 0 Å². The van der Waals surface area contributed by atoms with Crippen LogP contribution in [0, 0.1) is 0 Å². The van der Waals surface area contributed by atoms with Gasteiger partial charge in [0.05, 0.1) is 0 Å². The Hall–Kier alpha value is -0.860. The fourth-order valence-corrected chi connectivity index (χ4v) is 0.984. The molecular weight excluding hydrogens is 164 g/mol. The Bertz CT molecular complexity index is 210. The minimum Gasteiger partial charge on any atom is -0.349 e. The Balaban J connectivity index is 4.90. The molecule has 0 rings (SSSR count). The van der Waals surface area contributed by atoms with E-state index in [1.165, 1.54) is 0 Å². The average Bonchev–Trinajstić information content (AvgIpc) is 2.16. The van der Waals surface area contributed by atoms with Gasteiger partial charge in [-0.15, -0.1) is 0 Å². The molecule has 0 amide bonds. The van der Waals surface area contributed by atoms with Crippen molar-refractivity contribution in [1.82, 2.24) is 0 Å². The zero-order valence-corrected chi connectivity index (χ0v) is 8.83. The number of hydrogen-bond donors (Lipinski definition) is 0. The number of ether oxygens (including phenoxy) is 2. The Morgan fingerprint density at radius 3 is 2.15 bits per heavy atom. The zero-order valence-electron chi connectivity index (χ0n) is 8.83. The predicted octanol–water partition coefficient (Wildman–Crippen LogP) is 2.68. The fraction of sp³-hybridized carbons (Fsp3) is 0.455. The van der Waals surface area contributed by atoms with Gasteiger partial charge < -0.3 is 9.47 Å². The van der Waals surface area contributed by atoms with E-state index < -0.39 is 5.79 Å². The van der Waals surface area contributed by atoms with Gasteiger partial charge in [-0.05, 0) is 13.8 Å². The van der Waals surface area contributed by atoms with Gasteiger partial charge in [0.15, 0.2) is 5.79 Å². The third-order valence-electron chi connectivity index (χ3n) is 1.95. The van der Waals surface area contributed by atoms with Crippen molar-refractivity contribution in [2.75, 3.05) is 14.2 Å². The molecule has 0 bridgehead atoms. The Labute approximate surface area is 80.5 Å². The molecule has 13 heavy (non-hydrogen) atoms. The summed E-state index contributed by atoms with van der Waals surface area (Å²) < 4.78 is 10.5. The fourth-order valence-electron chi connectivity index (χ4n) is 0.984. The topological polar surface area (TPSA) is 18.5 Å². The maximum absolute atomic E-state index is 5.26. The normalized spacial score (nSPS) is 13.7. The molecule has 0 radical (unpaired) electrons. The number of hydrogen-bond acceptors (Lipinski definition) is 2. The van der Waals surface area contributed by atoms with E-state index in [0.717, 1.165) is 5.57 Å². The van der Waals surface area contributed by atoms with Crippen LogP contribution in [0.4, 0.5) is 0 Å². The highest BCUT2D eigenvalue weighted by molar-refractivity contribution is 5.29. The maximum Gasteiger partial charge on any atom is 0.191 e. The van der Waals surface area contributed by atoms with Gasteiger partial charge in [-0.1, -0.05) is 30.9 Å². The second kappa shape index (κ2) is 5.73. The van der Waals surface area contributed by atoms with Crippen LogP contribution in [0.3, 0.4) is 0 Å². The van der Waals surface area contributed by atoms with Crippen LogP contribution in [0.2, 0.25) is 0 Å². The highest BCUT2D eigenvalue weighted by Crippen LogP contribution is 2.22. The van der Waals surface area contributed by atoms with Crippen molar-refractivity contribution in [2.24, 2.45) is 0 Å². The van der Waals surface area contributed by atoms with Crippen molar-refractivity contribution in [3.05, 3.63) is 36.5 Å². The third kappa shape index (κ3) is 3.17. The quantitative estimate of drug-likeness (QED) is 0.480. The molecule has 0 fully saturated rings. The van der Waals surface area contributed by atoms with Gasteiger partial charge >= 0.3 is 0 Å².